The average Bonchev–Trinajstić information content (AvgIpc) is 3.23. The summed E-state index contributed by atoms with van der Waals surface area (Å²) in [6.45, 7) is 5.21. The predicted molar refractivity (Wildman–Crippen MR) is 114 cm³/mol. The summed E-state index contributed by atoms with van der Waals surface area (Å²) in [5.41, 5.74) is 0.964. The molecule has 0 N–H and O–H groups in total. The molecule has 1 fully saturated rings. The standard InChI is InChI=1S/C24H36N2O2/c1-3-5-7-8-9-19-10-12-20(13-11-19)23-25-24(28-26-23)21-14-16-22(17-15-21)27-18-6-4-2/h14-17,19-20H,3-13,18H2,1-2H3. The van der Waals surface area contributed by atoms with Crippen molar-refractivity contribution in [2.24, 2.45) is 5.92 Å². The smallest absolute Gasteiger partial charge is 0.257 e. The van der Waals surface area contributed by atoms with Crippen LogP contribution in [0.5, 0.6) is 5.75 Å². The van der Waals surface area contributed by atoms with Gasteiger partial charge in [0.1, 0.15) is 5.75 Å². The minimum atomic E-state index is 0.459. The van der Waals surface area contributed by atoms with Gasteiger partial charge in [0.05, 0.1) is 6.61 Å². The van der Waals surface area contributed by atoms with Crippen LogP contribution in [-0.2, 0) is 0 Å². The van der Waals surface area contributed by atoms with Crippen LogP contribution in [0.3, 0.4) is 0 Å². The highest BCUT2D eigenvalue weighted by atomic mass is 16.5. The molecule has 0 atom stereocenters. The molecule has 0 unspecified atom stereocenters. The number of rotatable bonds is 11. The highest BCUT2D eigenvalue weighted by Gasteiger charge is 2.25. The summed E-state index contributed by atoms with van der Waals surface area (Å²) >= 11 is 0. The normalized spacial score (nSPS) is 19.6. The number of nitrogens with zero attached hydrogens (tertiary/aromatic N) is 2. The highest BCUT2D eigenvalue weighted by Crippen LogP contribution is 2.37. The van der Waals surface area contributed by atoms with Gasteiger partial charge in [0, 0.05) is 11.5 Å². The fourth-order valence-electron chi connectivity index (χ4n) is 4.12. The molecule has 2 aromatic rings. The second-order valence-corrected chi connectivity index (χ2v) is 8.25. The Labute approximate surface area is 170 Å². The Morgan fingerprint density at radius 2 is 1.68 bits per heavy atom. The maximum atomic E-state index is 5.72. The van der Waals surface area contributed by atoms with Crippen LogP contribution in [-0.4, -0.2) is 16.7 Å². The van der Waals surface area contributed by atoms with Gasteiger partial charge in [0.25, 0.3) is 5.89 Å². The van der Waals surface area contributed by atoms with Crippen molar-refractivity contribution < 1.29 is 9.26 Å². The average molecular weight is 385 g/mol. The molecule has 0 bridgehead atoms. The van der Waals surface area contributed by atoms with Crippen LogP contribution in [0.2, 0.25) is 0 Å². The Hall–Kier alpha value is -1.84. The second kappa shape index (κ2) is 11.2. The molecule has 0 radical (unpaired) electrons. The number of hydrogen-bond acceptors (Lipinski definition) is 4. The molecule has 1 aromatic carbocycles. The summed E-state index contributed by atoms with van der Waals surface area (Å²) in [6, 6.07) is 7.98. The largest absolute Gasteiger partial charge is 0.494 e. The van der Waals surface area contributed by atoms with E-state index in [2.05, 4.69) is 19.0 Å². The van der Waals surface area contributed by atoms with Crippen LogP contribution in [0.25, 0.3) is 11.5 Å². The van der Waals surface area contributed by atoms with Crippen LogP contribution in [0.1, 0.15) is 96.2 Å². The van der Waals surface area contributed by atoms with Gasteiger partial charge in [-0.25, -0.2) is 0 Å². The minimum Gasteiger partial charge on any atom is -0.494 e. The summed E-state index contributed by atoms with van der Waals surface area (Å²) in [6.07, 6.45) is 14.1. The van der Waals surface area contributed by atoms with Crippen molar-refractivity contribution in [3.63, 3.8) is 0 Å². The van der Waals surface area contributed by atoms with Crippen LogP contribution >= 0.6 is 0 Å². The Morgan fingerprint density at radius 1 is 0.929 bits per heavy atom. The maximum Gasteiger partial charge on any atom is 0.257 e. The molecule has 1 saturated carbocycles. The third-order valence-electron chi connectivity index (χ3n) is 5.99. The number of hydrogen-bond donors (Lipinski definition) is 0. The van der Waals surface area contributed by atoms with Gasteiger partial charge in [-0.2, -0.15) is 4.98 Å². The van der Waals surface area contributed by atoms with Crippen molar-refractivity contribution >= 4 is 0 Å². The minimum absolute atomic E-state index is 0.459. The Balaban J connectivity index is 1.48. The zero-order chi connectivity index (χ0) is 19.6. The zero-order valence-corrected chi connectivity index (χ0v) is 17.7. The van der Waals surface area contributed by atoms with Gasteiger partial charge in [-0.15, -0.1) is 0 Å². The Morgan fingerprint density at radius 3 is 2.39 bits per heavy atom. The number of aromatic nitrogens is 2. The molecule has 1 aliphatic rings. The van der Waals surface area contributed by atoms with Crippen LogP contribution < -0.4 is 4.74 Å². The quantitative estimate of drug-likeness (QED) is 0.386. The second-order valence-electron chi connectivity index (χ2n) is 8.25. The van der Waals surface area contributed by atoms with Gasteiger partial charge in [-0.1, -0.05) is 57.5 Å². The molecule has 28 heavy (non-hydrogen) atoms. The third-order valence-corrected chi connectivity index (χ3v) is 5.99. The topological polar surface area (TPSA) is 48.2 Å². The molecule has 1 aliphatic carbocycles. The van der Waals surface area contributed by atoms with Crippen molar-refractivity contribution in [1.29, 1.82) is 0 Å². The van der Waals surface area contributed by atoms with E-state index >= 15 is 0 Å². The Bertz CT molecular complexity index is 672. The van der Waals surface area contributed by atoms with Gasteiger partial charge in [-0.3, -0.25) is 0 Å². The monoisotopic (exact) mass is 384 g/mol. The van der Waals surface area contributed by atoms with E-state index in [1.165, 1.54) is 57.8 Å². The Kier molecular flexibility index (Phi) is 8.38. The van der Waals surface area contributed by atoms with Gasteiger partial charge < -0.3 is 9.26 Å². The van der Waals surface area contributed by atoms with Crippen molar-refractivity contribution in [1.82, 2.24) is 10.1 Å². The van der Waals surface area contributed by atoms with E-state index in [9.17, 15) is 0 Å². The van der Waals surface area contributed by atoms with E-state index in [-0.39, 0.29) is 0 Å². The predicted octanol–water partition coefficient (Wildman–Crippen LogP) is 7.16. The molecular weight excluding hydrogens is 348 g/mol. The van der Waals surface area contributed by atoms with E-state index < -0.39 is 0 Å². The van der Waals surface area contributed by atoms with E-state index in [1.807, 2.05) is 24.3 Å². The molecule has 0 saturated heterocycles. The van der Waals surface area contributed by atoms with Crippen molar-refractivity contribution in [3.05, 3.63) is 30.1 Å². The van der Waals surface area contributed by atoms with Gasteiger partial charge in [0.2, 0.25) is 0 Å². The molecule has 4 nitrogen and oxygen atoms in total. The van der Waals surface area contributed by atoms with E-state index in [0.29, 0.717) is 11.8 Å². The lowest BCUT2D eigenvalue weighted by molar-refractivity contribution is 0.291. The first kappa shape index (κ1) is 20.9. The first-order valence-electron chi connectivity index (χ1n) is 11.4. The lowest BCUT2D eigenvalue weighted by atomic mass is 9.79. The van der Waals surface area contributed by atoms with E-state index in [0.717, 1.165) is 42.5 Å². The van der Waals surface area contributed by atoms with Gasteiger partial charge in [0.15, 0.2) is 5.82 Å². The van der Waals surface area contributed by atoms with Crippen molar-refractivity contribution in [2.75, 3.05) is 6.61 Å². The van der Waals surface area contributed by atoms with Crippen LogP contribution in [0.15, 0.2) is 28.8 Å². The first-order valence-corrected chi connectivity index (χ1v) is 11.4. The molecule has 1 aromatic heterocycles. The zero-order valence-electron chi connectivity index (χ0n) is 17.7. The summed E-state index contributed by atoms with van der Waals surface area (Å²) < 4.78 is 11.3. The molecule has 1 heterocycles. The molecular formula is C24H36N2O2. The first-order chi connectivity index (χ1) is 13.8. The van der Waals surface area contributed by atoms with Crippen LogP contribution in [0, 0.1) is 5.92 Å². The molecule has 154 valence electrons. The molecule has 4 heteroatoms. The molecule has 0 amide bonds. The highest BCUT2D eigenvalue weighted by molar-refractivity contribution is 5.54. The lowest BCUT2D eigenvalue weighted by Crippen LogP contribution is -2.14. The number of ether oxygens (including phenoxy) is 1. The summed E-state index contributed by atoms with van der Waals surface area (Å²) in [5.74, 6) is 3.77. The van der Waals surface area contributed by atoms with Crippen molar-refractivity contribution in [3.8, 4) is 17.2 Å². The number of benzene rings is 1. The van der Waals surface area contributed by atoms with Crippen LogP contribution in [0.4, 0.5) is 0 Å². The fourth-order valence-corrected chi connectivity index (χ4v) is 4.12. The number of unbranched alkanes of at least 4 members (excludes halogenated alkanes) is 4. The molecule has 0 spiro atoms. The van der Waals surface area contributed by atoms with Crippen molar-refractivity contribution in [2.45, 2.75) is 90.4 Å². The SMILES string of the molecule is CCCCCCC1CCC(c2noc(-c3ccc(OCCCC)cc3)n2)CC1. The lowest BCUT2D eigenvalue weighted by Gasteiger charge is -2.26. The fraction of sp³-hybridized carbons (Fsp3) is 0.667. The van der Waals surface area contributed by atoms with Gasteiger partial charge >= 0.3 is 0 Å². The third kappa shape index (κ3) is 6.08. The van der Waals surface area contributed by atoms with E-state index in [1.54, 1.807) is 0 Å². The summed E-state index contributed by atoms with van der Waals surface area (Å²) in [4.78, 5) is 4.70. The maximum absolute atomic E-state index is 5.72. The molecule has 3 rings (SSSR count). The summed E-state index contributed by atoms with van der Waals surface area (Å²) in [5, 5.41) is 4.29. The molecule has 0 aliphatic heterocycles. The van der Waals surface area contributed by atoms with Gasteiger partial charge in [-0.05, 0) is 62.3 Å². The van der Waals surface area contributed by atoms with E-state index in [4.69, 9.17) is 14.2 Å². The summed E-state index contributed by atoms with van der Waals surface area (Å²) in [7, 11) is 0.